The van der Waals surface area contributed by atoms with Crippen molar-refractivity contribution in [3.8, 4) is 11.5 Å². The molecule has 2 rings (SSSR count). The van der Waals surface area contributed by atoms with E-state index in [0.29, 0.717) is 5.75 Å². The van der Waals surface area contributed by atoms with E-state index >= 15 is 0 Å². The molecular weight excluding hydrogens is 464 g/mol. The summed E-state index contributed by atoms with van der Waals surface area (Å²) >= 11 is 0. The molecule has 38 heavy (non-hydrogen) atoms. The summed E-state index contributed by atoms with van der Waals surface area (Å²) in [6.07, 6.45) is 34.3. The molecule has 1 N–H and O–H groups in total. The molecule has 0 saturated carbocycles. The van der Waals surface area contributed by atoms with Crippen LogP contribution in [-0.4, -0.2) is 11.2 Å². The summed E-state index contributed by atoms with van der Waals surface area (Å²) in [7, 11) is 0. The number of aromatic hydroxyl groups is 1. The number of ether oxygens (including phenoxy) is 1. The summed E-state index contributed by atoms with van der Waals surface area (Å²) < 4.78 is 5.72. The van der Waals surface area contributed by atoms with E-state index in [0.717, 1.165) is 12.2 Å². The topological polar surface area (TPSA) is 29.5 Å². The van der Waals surface area contributed by atoms with Crippen molar-refractivity contribution < 1.29 is 9.84 Å². The first kappa shape index (κ1) is 34.6. The second-order valence-electron chi connectivity index (χ2n) is 12.1. The third kappa shape index (κ3) is 21.5. The Morgan fingerprint density at radius 1 is 0.684 bits per heavy atom. The second kappa shape index (κ2) is 24.6. The number of unbranched alkanes of at least 4 members (excludes halogenated alkanes) is 17. The van der Waals surface area contributed by atoms with Crippen LogP contribution in [0.4, 0.5) is 0 Å². The number of allylic oxidation sites excluding steroid dienone is 2. The molecule has 0 fully saturated rings. The molecule has 0 aromatic heterocycles. The Morgan fingerprint density at radius 2 is 1.18 bits per heavy atom. The van der Waals surface area contributed by atoms with Gasteiger partial charge in [0.1, 0.15) is 11.5 Å². The Bertz CT molecular complexity index is 691. The van der Waals surface area contributed by atoms with Crippen LogP contribution in [-0.2, 0) is 6.42 Å². The van der Waals surface area contributed by atoms with E-state index in [2.05, 4.69) is 26.0 Å². The van der Waals surface area contributed by atoms with E-state index in [1.54, 1.807) is 11.6 Å². The highest BCUT2D eigenvalue weighted by Crippen LogP contribution is 2.24. The number of aryl methyl sites for hydroxylation is 1. The number of rotatable bonds is 21. The minimum atomic E-state index is 0.139. The van der Waals surface area contributed by atoms with Gasteiger partial charge in [-0.2, -0.15) is 0 Å². The molecule has 0 heterocycles. The monoisotopic (exact) mass is 528 g/mol. The van der Waals surface area contributed by atoms with Crippen molar-refractivity contribution in [1.82, 2.24) is 0 Å². The zero-order chi connectivity index (χ0) is 27.7. The van der Waals surface area contributed by atoms with Crippen LogP contribution in [0.1, 0.15) is 175 Å². The maximum atomic E-state index is 9.88. The zero-order valence-electron chi connectivity index (χ0n) is 26.0. The molecule has 220 valence electrons. The Kier molecular flexibility index (Phi) is 22.4. The molecule has 0 unspecified atom stereocenters. The SMILES string of the molecule is CC1=CCCCC1.CCCCCCCCCCCCCCCCCCCCc1cc(O)cc(OC(C)C)c1. The normalized spacial score (nSPS) is 13.2. The van der Waals surface area contributed by atoms with Crippen molar-refractivity contribution in [2.24, 2.45) is 0 Å². The maximum absolute atomic E-state index is 9.88. The van der Waals surface area contributed by atoms with Gasteiger partial charge in [-0.25, -0.2) is 0 Å². The van der Waals surface area contributed by atoms with E-state index in [1.807, 2.05) is 19.9 Å². The molecule has 0 amide bonds. The van der Waals surface area contributed by atoms with Gasteiger partial charge in [0.15, 0.2) is 0 Å². The van der Waals surface area contributed by atoms with Crippen LogP contribution in [0.3, 0.4) is 0 Å². The van der Waals surface area contributed by atoms with E-state index in [1.165, 1.54) is 147 Å². The molecule has 0 bridgehead atoms. The first-order valence-corrected chi connectivity index (χ1v) is 16.7. The van der Waals surface area contributed by atoms with Crippen LogP contribution < -0.4 is 4.74 Å². The number of hydrogen-bond acceptors (Lipinski definition) is 2. The van der Waals surface area contributed by atoms with Crippen LogP contribution in [0.5, 0.6) is 11.5 Å². The van der Waals surface area contributed by atoms with Gasteiger partial charge in [-0.3, -0.25) is 0 Å². The predicted octanol–water partition coefficient (Wildman–Crippen LogP) is 12.3. The highest BCUT2D eigenvalue weighted by atomic mass is 16.5. The van der Waals surface area contributed by atoms with Crippen molar-refractivity contribution in [1.29, 1.82) is 0 Å². The van der Waals surface area contributed by atoms with Crippen molar-refractivity contribution in [2.45, 2.75) is 181 Å². The van der Waals surface area contributed by atoms with E-state index in [-0.39, 0.29) is 6.10 Å². The summed E-state index contributed by atoms with van der Waals surface area (Å²) in [6.45, 7) is 8.54. The lowest BCUT2D eigenvalue weighted by Gasteiger charge is -2.12. The first-order valence-electron chi connectivity index (χ1n) is 16.7. The van der Waals surface area contributed by atoms with Crippen molar-refractivity contribution >= 4 is 0 Å². The average Bonchev–Trinajstić information content (AvgIpc) is 2.88. The minimum Gasteiger partial charge on any atom is -0.508 e. The van der Waals surface area contributed by atoms with Crippen molar-refractivity contribution in [3.63, 3.8) is 0 Å². The summed E-state index contributed by atoms with van der Waals surface area (Å²) in [5.74, 6) is 1.10. The molecule has 0 aliphatic heterocycles. The Labute approximate surface area is 238 Å². The molecule has 1 aliphatic carbocycles. The standard InChI is InChI=1S/C29H52O2.C7H12/c1-4-5-6-7-8-9-10-11-12-13-14-15-16-17-18-19-20-21-22-27-23-28(30)25-29(24-27)31-26(2)3;1-7-5-3-2-4-6-7/h23-26,30H,4-22H2,1-3H3;5H,2-4,6H2,1H3. The maximum Gasteiger partial charge on any atom is 0.123 e. The number of phenolic OH excluding ortho intramolecular Hbond substituents is 1. The van der Waals surface area contributed by atoms with E-state index < -0.39 is 0 Å². The van der Waals surface area contributed by atoms with Gasteiger partial charge < -0.3 is 9.84 Å². The number of hydrogen-bond donors (Lipinski definition) is 1. The fourth-order valence-corrected chi connectivity index (χ4v) is 5.36. The lowest BCUT2D eigenvalue weighted by Crippen LogP contribution is -2.05. The smallest absolute Gasteiger partial charge is 0.123 e. The molecule has 2 nitrogen and oxygen atoms in total. The van der Waals surface area contributed by atoms with E-state index in [4.69, 9.17) is 4.74 Å². The molecule has 0 spiro atoms. The van der Waals surface area contributed by atoms with Crippen LogP contribution in [0.15, 0.2) is 29.8 Å². The van der Waals surface area contributed by atoms with Gasteiger partial charge >= 0.3 is 0 Å². The zero-order valence-corrected chi connectivity index (χ0v) is 26.0. The van der Waals surface area contributed by atoms with Crippen LogP contribution in [0.2, 0.25) is 0 Å². The van der Waals surface area contributed by atoms with Crippen LogP contribution in [0, 0.1) is 0 Å². The quantitative estimate of drug-likeness (QED) is 0.127. The van der Waals surface area contributed by atoms with Gasteiger partial charge in [-0.1, -0.05) is 128 Å². The predicted molar refractivity (Wildman–Crippen MR) is 169 cm³/mol. The van der Waals surface area contributed by atoms with Gasteiger partial charge in [-0.15, -0.1) is 0 Å². The van der Waals surface area contributed by atoms with Crippen molar-refractivity contribution in [3.05, 3.63) is 35.4 Å². The Morgan fingerprint density at radius 3 is 1.58 bits per heavy atom. The average molecular weight is 529 g/mol. The van der Waals surface area contributed by atoms with Gasteiger partial charge in [0.05, 0.1) is 6.10 Å². The first-order chi connectivity index (χ1) is 18.5. The summed E-state index contributed by atoms with van der Waals surface area (Å²) in [5, 5.41) is 9.88. The fraction of sp³-hybridized carbons (Fsp3) is 0.778. The molecule has 1 aromatic carbocycles. The largest absolute Gasteiger partial charge is 0.508 e. The molecule has 0 atom stereocenters. The third-order valence-electron chi connectivity index (χ3n) is 7.66. The summed E-state index contributed by atoms with van der Waals surface area (Å²) in [4.78, 5) is 0. The molecule has 1 aromatic rings. The van der Waals surface area contributed by atoms with Gasteiger partial charge in [-0.05, 0) is 77.0 Å². The lowest BCUT2D eigenvalue weighted by molar-refractivity contribution is 0.241. The molecule has 0 saturated heterocycles. The Balaban J connectivity index is 0.000000884. The van der Waals surface area contributed by atoms with Gasteiger partial charge in [0.25, 0.3) is 0 Å². The molecule has 2 heteroatoms. The minimum absolute atomic E-state index is 0.139. The fourth-order valence-electron chi connectivity index (χ4n) is 5.36. The number of benzene rings is 1. The highest BCUT2D eigenvalue weighted by Gasteiger charge is 2.04. The lowest BCUT2D eigenvalue weighted by atomic mass is 10.0. The van der Waals surface area contributed by atoms with Gasteiger partial charge in [0.2, 0.25) is 0 Å². The third-order valence-corrected chi connectivity index (χ3v) is 7.66. The summed E-state index contributed by atoms with van der Waals surface area (Å²) in [5.41, 5.74) is 2.78. The van der Waals surface area contributed by atoms with E-state index in [9.17, 15) is 5.11 Å². The van der Waals surface area contributed by atoms with Crippen LogP contribution in [0.25, 0.3) is 0 Å². The second-order valence-corrected chi connectivity index (χ2v) is 12.1. The number of phenols is 1. The highest BCUT2D eigenvalue weighted by molar-refractivity contribution is 5.37. The molecular formula is C36H64O2. The molecule has 0 radical (unpaired) electrons. The van der Waals surface area contributed by atoms with Crippen LogP contribution >= 0.6 is 0 Å². The molecule has 1 aliphatic rings. The summed E-state index contributed by atoms with van der Waals surface area (Å²) in [6, 6.07) is 5.66. The van der Waals surface area contributed by atoms with Gasteiger partial charge in [0, 0.05) is 6.07 Å². The van der Waals surface area contributed by atoms with Crippen molar-refractivity contribution in [2.75, 3.05) is 0 Å². The Hall–Kier alpha value is -1.44.